The van der Waals surface area contributed by atoms with Crippen LogP contribution in [0.5, 0.6) is 11.5 Å². The molecule has 1 amide bonds. The number of hydrazone groups is 1. The van der Waals surface area contributed by atoms with E-state index in [0.717, 1.165) is 0 Å². The fraction of sp³-hybridized carbons (Fsp3) is 0.176. The number of hydrogen-bond acceptors (Lipinski definition) is 4. The molecule has 8 heteroatoms. The number of nitrogens with one attached hydrogen (secondary N) is 1. The average Bonchev–Trinajstić information content (AvgIpc) is 2.58. The monoisotopic (exact) mass is 368 g/mol. The molecule has 2 aromatic carbocycles. The van der Waals surface area contributed by atoms with Crippen LogP contribution in [0, 0.1) is 0 Å². The largest absolute Gasteiger partial charge is 0.482 e. The first kappa shape index (κ1) is 18.7. The number of ether oxygens (including phenoxy) is 2. The van der Waals surface area contributed by atoms with E-state index in [4.69, 9.17) is 16.3 Å². The lowest BCUT2D eigenvalue weighted by molar-refractivity contribution is -0.123. The Morgan fingerprint density at radius 3 is 2.72 bits per heavy atom. The Bertz CT molecular complexity index is 769. The van der Waals surface area contributed by atoms with Gasteiger partial charge in [0.25, 0.3) is 5.91 Å². The third-order valence-corrected chi connectivity index (χ3v) is 3.33. The van der Waals surface area contributed by atoms with Crippen molar-refractivity contribution in [2.45, 2.75) is 13.5 Å². The van der Waals surface area contributed by atoms with Gasteiger partial charge >= 0.3 is 6.61 Å². The van der Waals surface area contributed by atoms with Crippen LogP contribution in [-0.4, -0.2) is 24.8 Å². The minimum absolute atomic E-state index is 0.00966. The van der Waals surface area contributed by atoms with Crippen molar-refractivity contribution in [1.29, 1.82) is 0 Å². The SMILES string of the molecule is C/C(=N\NC(=O)COc1ccccc1Cl)c1cccc(OC(F)F)c1. The Hall–Kier alpha value is -2.67. The van der Waals surface area contributed by atoms with Gasteiger partial charge in [0.2, 0.25) is 0 Å². The second kappa shape index (κ2) is 8.98. The number of carbonyl (C=O) groups is 1. The molecule has 0 unspecified atom stereocenters. The molecule has 0 saturated carbocycles. The zero-order valence-corrected chi connectivity index (χ0v) is 14.0. The number of halogens is 3. The van der Waals surface area contributed by atoms with E-state index in [1.807, 2.05) is 0 Å². The molecular formula is C17H15ClF2N2O3. The van der Waals surface area contributed by atoms with E-state index in [9.17, 15) is 13.6 Å². The smallest absolute Gasteiger partial charge is 0.387 e. The maximum atomic E-state index is 12.2. The summed E-state index contributed by atoms with van der Waals surface area (Å²) in [5.74, 6) is -0.0912. The summed E-state index contributed by atoms with van der Waals surface area (Å²) in [6.07, 6.45) is 0. The molecule has 0 heterocycles. The lowest BCUT2D eigenvalue weighted by Crippen LogP contribution is -2.25. The Labute approximate surface area is 148 Å². The average molecular weight is 369 g/mol. The molecule has 0 spiro atoms. The summed E-state index contributed by atoms with van der Waals surface area (Å²) < 4.78 is 34.1. The number of amides is 1. The quantitative estimate of drug-likeness (QED) is 0.596. The Morgan fingerprint density at radius 2 is 2.00 bits per heavy atom. The van der Waals surface area contributed by atoms with Gasteiger partial charge in [-0.15, -0.1) is 0 Å². The van der Waals surface area contributed by atoms with Gasteiger partial charge in [0.15, 0.2) is 6.61 Å². The van der Waals surface area contributed by atoms with E-state index in [1.165, 1.54) is 12.1 Å². The number of alkyl halides is 2. The minimum atomic E-state index is -2.91. The summed E-state index contributed by atoms with van der Waals surface area (Å²) in [5.41, 5.74) is 3.28. The number of rotatable bonds is 7. The van der Waals surface area contributed by atoms with Gasteiger partial charge in [-0.3, -0.25) is 4.79 Å². The van der Waals surface area contributed by atoms with Crippen LogP contribution < -0.4 is 14.9 Å². The van der Waals surface area contributed by atoms with Crippen LogP contribution in [0.25, 0.3) is 0 Å². The Balaban J connectivity index is 1.92. The van der Waals surface area contributed by atoms with Gasteiger partial charge in [0, 0.05) is 5.56 Å². The molecule has 5 nitrogen and oxygen atoms in total. The van der Waals surface area contributed by atoms with Crippen molar-refractivity contribution in [3.63, 3.8) is 0 Å². The minimum Gasteiger partial charge on any atom is -0.482 e. The third-order valence-electron chi connectivity index (χ3n) is 3.02. The summed E-state index contributed by atoms with van der Waals surface area (Å²) in [6.45, 7) is -1.56. The van der Waals surface area contributed by atoms with Gasteiger partial charge in [-0.2, -0.15) is 13.9 Å². The first-order valence-electron chi connectivity index (χ1n) is 7.21. The van der Waals surface area contributed by atoms with Crippen molar-refractivity contribution in [3.8, 4) is 11.5 Å². The molecule has 0 saturated heterocycles. The number of carbonyl (C=O) groups excluding carboxylic acids is 1. The third kappa shape index (κ3) is 6.04. The van der Waals surface area contributed by atoms with E-state index in [2.05, 4.69) is 15.3 Å². The van der Waals surface area contributed by atoms with Gasteiger partial charge in [0.05, 0.1) is 10.7 Å². The van der Waals surface area contributed by atoms with Crippen LogP contribution in [0.4, 0.5) is 8.78 Å². The maximum Gasteiger partial charge on any atom is 0.387 e. The predicted molar refractivity (Wildman–Crippen MR) is 90.4 cm³/mol. The van der Waals surface area contributed by atoms with Crippen molar-refractivity contribution >= 4 is 23.2 Å². The first-order valence-corrected chi connectivity index (χ1v) is 7.59. The fourth-order valence-corrected chi connectivity index (χ4v) is 2.04. The lowest BCUT2D eigenvalue weighted by atomic mass is 10.1. The molecule has 25 heavy (non-hydrogen) atoms. The second-order valence-electron chi connectivity index (χ2n) is 4.86. The molecule has 0 aliphatic carbocycles. The van der Waals surface area contributed by atoms with E-state index in [-0.39, 0.29) is 12.4 Å². The summed E-state index contributed by atoms with van der Waals surface area (Å²) in [6, 6.07) is 12.8. The van der Waals surface area contributed by atoms with E-state index >= 15 is 0 Å². The van der Waals surface area contributed by atoms with E-state index in [1.54, 1.807) is 43.3 Å². The van der Waals surface area contributed by atoms with Crippen LogP contribution in [0.2, 0.25) is 5.02 Å². The highest BCUT2D eigenvalue weighted by Gasteiger charge is 2.07. The number of hydrogen-bond donors (Lipinski definition) is 1. The molecule has 2 aromatic rings. The Kier molecular flexibility index (Phi) is 6.71. The van der Waals surface area contributed by atoms with Gasteiger partial charge in [-0.25, -0.2) is 5.43 Å². The number of nitrogens with zero attached hydrogens (tertiary/aromatic N) is 1. The van der Waals surface area contributed by atoms with Gasteiger partial charge in [0.1, 0.15) is 11.5 Å². The summed E-state index contributed by atoms with van der Waals surface area (Å²) >= 11 is 5.92. The topological polar surface area (TPSA) is 59.9 Å². The fourth-order valence-electron chi connectivity index (χ4n) is 1.85. The molecule has 0 radical (unpaired) electrons. The van der Waals surface area contributed by atoms with Crippen LogP contribution >= 0.6 is 11.6 Å². The molecule has 1 N–H and O–H groups in total. The standard InChI is InChI=1S/C17H15ClF2N2O3/c1-11(12-5-4-6-13(9-12)25-17(19)20)21-22-16(23)10-24-15-8-3-2-7-14(15)18/h2-9,17H,10H2,1H3,(H,22,23)/b21-11+. The van der Waals surface area contributed by atoms with Crippen molar-refractivity contribution in [1.82, 2.24) is 5.43 Å². The van der Waals surface area contributed by atoms with E-state index in [0.29, 0.717) is 22.0 Å². The van der Waals surface area contributed by atoms with Crippen LogP contribution in [-0.2, 0) is 4.79 Å². The molecular weight excluding hydrogens is 354 g/mol. The molecule has 0 aliphatic heterocycles. The second-order valence-corrected chi connectivity index (χ2v) is 5.26. The number of para-hydroxylation sites is 1. The summed E-state index contributed by atoms with van der Waals surface area (Å²) in [5, 5.41) is 4.30. The Morgan fingerprint density at radius 1 is 1.24 bits per heavy atom. The van der Waals surface area contributed by atoms with Gasteiger partial charge in [-0.1, -0.05) is 35.9 Å². The van der Waals surface area contributed by atoms with Crippen LogP contribution in [0.15, 0.2) is 53.6 Å². The molecule has 0 aliphatic rings. The lowest BCUT2D eigenvalue weighted by Gasteiger charge is -2.08. The normalized spacial score (nSPS) is 11.3. The first-order chi connectivity index (χ1) is 12.0. The molecule has 0 fully saturated rings. The van der Waals surface area contributed by atoms with Crippen LogP contribution in [0.1, 0.15) is 12.5 Å². The van der Waals surface area contributed by atoms with Gasteiger partial charge in [-0.05, 0) is 31.2 Å². The molecule has 0 bridgehead atoms. The molecule has 2 rings (SSSR count). The predicted octanol–water partition coefficient (Wildman–Crippen LogP) is 3.86. The summed E-state index contributed by atoms with van der Waals surface area (Å²) in [7, 11) is 0. The zero-order chi connectivity index (χ0) is 18.2. The van der Waals surface area contributed by atoms with Crippen molar-refractivity contribution in [2.24, 2.45) is 5.10 Å². The van der Waals surface area contributed by atoms with Crippen molar-refractivity contribution in [3.05, 3.63) is 59.1 Å². The van der Waals surface area contributed by atoms with Crippen LogP contribution in [0.3, 0.4) is 0 Å². The van der Waals surface area contributed by atoms with Crippen molar-refractivity contribution < 1.29 is 23.0 Å². The maximum absolute atomic E-state index is 12.2. The zero-order valence-electron chi connectivity index (χ0n) is 13.2. The van der Waals surface area contributed by atoms with E-state index < -0.39 is 12.5 Å². The molecule has 0 atom stereocenters. The van der Waals surface area contributed by atoms with Gasteiger partial charge < -0.3 is 9.47 Å². The number of benzene rings is 2. The van der Waals surface area contributed by atoms with Crippen molar-refractivity contribution in [2.75, 3.05) is 6.61 Å². The highest BCUT2D eigenvalue weighted by Crippen LogP contribution is 2.22. The summed E-state index contributed by atoms with van der Waals surface area (Å²) in [4.78, 5) is 11.8. The molecule has 0 aromatic heterocycles. The highest BCUT2D eigenvalue weighted by atomic mass is 35.5. The highest BCUT2D eigenvalue weighted by molar-refractivity contribution is 6.32. The molecule has 132 valence electrons.